The summed E-state index contributed by atoms with van der Waals surface area (Å²) in [6.45, 7) is 2.00. The number of carbonyl (C=O) groups is 2. The van der Waals surface area contributed by atoms with Crippen LogP contribution in [0.25, 0.3) is 10.6 Å². The van der Waals surface area contributed by atoms with Gasteiger partial charge in [0.1, 0.15) is 5.01 Å². The Morgan fingerprint density at radius 1 is 0.774 bits per heavy atom. The minimum Gasteiger partial charge on any atom is -0.322 e. The molecular weight excluding hydrogens is 410 g/mol. The monoisotopic (exact) mass is 429 g/mol. The number of urea groups is 1. The second-order valence-electron chi connectivity index (χ2n) is 6.71. The van der Waals surface area contributed by atoms with Gasteiger partial charge in [-0.05, 0) is 42.8 Å². The van der Waals surface area contributed by atoms with Gasteiger partial charge in [0.15, 0.2) is 0 Å². The van der Waals surface area contributed by atoms with E-state index in [1.54, 1.807) is 36.4 Å². The summed E-state index contributed by atoms with van der Waals surface area (Å²) in [4.78, 5) is 24.8. The maximum Gasteiger partial charge on any atom is 0.325 e. The number of carbonyl (C=O) groups excluding carboxylic acids is 2. The van der Waals surface area contributed by atoms with Crippen molar-refractivity contribution in [2.75, 3.05) is 16.0 Å². The molecule has 4 rings (SSSR count). The van der Waals surface area contributed by atoms with Crippen LogP contribution in [0.1, 0.15) is 15.9 Å². The third kappa shape index (κ3) is 5.12. The molecule has 8 heteroatoms. The minimum atomic E-state index is -0.465. The zero-order valence-electron chi connectivity index (χ0n) is 16.6. The van der Waals surface area contributed by atoms with Crippen molar-refractivity contribution in [2.24, 2.45) is 0 Å². The number of amides is 3. The van der Waals surface area contributed by atoms with Gasteiger partial charge in [-0.25, -0.2) is 4.79 Å². The van der Waals surface area contributed by atoms with Crippen LogP contribution >= 0.6 is 11.3 Å². The van der Waals surface area contributed by atoms with Gasteiger partial charge in [-0.3, -0.25) is 10.1 Å². The smallest absolute Gasteiger partial charge is 0.322 e. The molecular formula is C23H19N5O2S. The summed E-state index contributed by atoms with van der Waals surface area (Å²) < 4.78 is 0. The third-order valence-electron chi connectivity index (χ3n) is 4.44. The average molecular weight is 430 g/mol. The highest BCUT2D eigenvalue weighted by atomic mass is 32.1. The lowest BCUT2D eigenvalue weighted by Gasteiger charge is -2.08. The van der Waals surface area contributed by atoms with Crippen molar-refractivity contribution in [2.45, 2.75) is 6.92 Å². The number of anilines is 3. The van der Waals surface area contributed by atoms with E-state index in [1.807, 2.05) is 49.4 Å². The number of hydrogen-bond donors (Lipinski definition) is 3. The SMILES string of the molecule is Cc1ccccc1-c1nnc(NC(=O)Nc2cccc(C(=O)Nc3ccccc3)c2)s1. The summed E-state index contributed by atoms with van der Waals surface area (Å²) in [6.07, 6.45) is 0. The van der Waals surface area contributed by atoms with Crippen LogP contribution < -0.4 is 16.0 Å². The summed E-state index contributed by atoms with van der Waals surface area (Å²) in [7, 11) is 0. The average Bonchev–Trinajstić information content (AvgIpc) is 3.23. The predicted molar refractivity (Wildman–Crippen MR) is 124 cm³/mol. The molecule has 3 amide bonds. The number of hydrogen-bond acceptors (Lipinski definition) is 5. The Labute approximate surface area is 183 Å². The number of benzene rings is 3. The Hall–Kier alpha value is -4.04. The van der Waals surface area contributed by atoms with Gasteiger partial charge in [-0.1, -0.05) is 59.9 Å². The highest BCUT2D eigenvalue weighted by Gasteiger charge is 2.12. The van der Waals surface area contributed by atoms with Gasteiger partial charge in [-0.15, -0.1) is 10.2 Å². The van der Waals surface area contributed by atoms with E-state index in [2.05, 4.69) is 26.1 Å². The summed E-state index contributed by atoms with van der Waals surface area (Å²) in [6, 6.07) is 23.3. The van der Waals surface area contributed by atoms with Gasteiger partial charge in [0.05, 0.1) is 0 Å². The number of aromatic nitrogens is 2. The standard InChI is InChI=1S/C23H19N5O2S/c1-15-8-5-6-13-19(15)21-27-28-23(31-21)26-22(30)25-18-12-7-9-16(14-18)20(29)24-17-10-3-2-4-11-17/h2-14H,1H3,(H,24,29)(H2,25,26,28,30). The fraction of sp³-hybridized carbons (Fsp3) is 0.0435. The molecule has 3 N–H and O–H groups in total. The Balaban J connectivity index is 1.40. The Morgan fingerprint density at radius 3 is 2.32 bits per heavy atom. The lowest BCUT2D eigenvalue weighted by Crippen LogP contribution is -2.20. The van der Waals surface area contributed by atoms with E-state index >= 15 is 0 Å². The van der Waals surface area contributed by atoms with Crippen molar-refractivity contribution in [3.05, 3.63) is 90.0 Å². The molecule has 0 bridgehead atoms. The summed E-state index contributed by atoms with van der Waals surface area (Å²) in [5.74, 6) is -0.262. The number of rotatable bonds is 5. The largest absolute Gasteiger partial charge is 0.325 e. The van der Waals surface area contributed by atoms with Crippen molar-refractivity contribution >= 4 is 39.8 Å². The quantitative estimate of drug-likeness (QED) is 0.395. The van der Waals surface area contributed by atoms with Crippen molar-refractivity contribution in [1.29, 1.82) is 0 Å². The highest BCUT2D eigenvalue weighted by molar-refractivity contribution is 7.18. The lowest BCUT2D eigenvalue weighted by atomic mass is 10.1. The van der Waals surface area contributed by atoms with E-state index in [9.17, 15) is 9.59 Å². The van der Waals surface area contributed by atoms with Crippen LogP contribution in [0, 0.1) is 6.92 Å². The molecule has 0 aliphatic heterocycles. The maximum atomic E-state index is 12.5. The maximum absolute atomic E-state index is 12.5. The molecule has 154 valence electrons. The van der Waals surface area contributed by atoms with Crippen LogP contribution in [0.15, 0.2) is 78.9 Å². The molecule has 1 aromatic heterocycles. The number of nitrogens with one attached hydrogen (secondary N) is 3. The van der Waals surface area contributed by atoms with E-state index in [-0.39, 0.29) is 5.91 Å². The lowest BCUT2D eigenvalue weighted by molar-refractivity contribution is 0.102. The second-order valence-corrected chi connectivity index (χ2v) is 7.68. The van der Waals surface area contributed by atoms with Crippen LogP contribution in [0.3, 0.4) is 0 Å². The first-order valence-electron chi connectivity index (χ1n) is 9.52. The van der Waals surface area contributed by atoms with Gasteiger partial charge in [0.2, 0.25) is 5.13 Å². The van der Waals surface area contributed by atoms with Crippen LogP contribution in [0.5, 0.6) is 0 Å². The van der Waals surface area contributed by atoms with Crippen LogP contribution in [-0.4, -0.2) is 22.1 Å². The van der Waals surface area contributed by atoms with E-state index in [4.69, 9.17) is 0 Å². The van der Waals surface area contributed by atoms with Gasteiger partial charge in [0, 0.05) is 22.5 Å². The Morgan fingerprint density at radius 2 is 1.52 bits per heavy atom. The van der Waals surface area contributed by atoms with E-state index in [0.29, 0.717) is 22.1 Å². The molecule has 0 radical (unpaired) electrons. The molecule has 31 heavy (non-hydrogen) atoms. The molecule has 0 aliphatic carbocycles. The van der Waals surface area contributed by atoms with Crippen molar-refractivity contribution in [1.82, 2.24) is 10.2 Å². The normalized spacial score (nSPS) is 10.4. The first-order chi connectivity index (χ1) is 15.1. The topological polar surface area (TPSA) is 96.0 Å². The van der Waals surface area contributed by atoms with Gasteiger partial charge in [0.25, 0.3) is 5.91 Å². The van der Waals surface area contributed by atoms with E-state index in [0.717, 1.165) is 16.1 Å². The summed E-state index contributed by atoms with van der Waals surface area (Å²) in [5.41, 5.74) is 3.68. The molecule has 0 saturated carbocycles. The molecule has 1 heterocycles. The second kappa shape index (κ2) is 9.19. The number of aryl methyl sites for hydroxylation is 1. The zero-order valence-corrected chi connectivity index (χ0v) is 17.4. The highest BCUT2D eigenvalue weighted by Crippen LogP contribution is 2.28. The van der Waals surface area contributed by atoms with Gasteiger partial charge < -0.3 is 10.6 Å². The molecule has 4 aromatic rings. The van der Waals surface area contributed by atoms with Gasteiger partial charge in [-0.2, -0.15) is 0 Å². The fourth-order valence-corrected chi connectivity index (χ4v) is 3.75. The van der Waals surface area contributed by atoms with Crippen molar-refractivity contribution in [3.63, 3.8) is 0 Å². The van der Waals surface area contributed by atoms with Crippen LogP contribution in [0.4, 0.5) is 21.3 Å². The van der Waals surface area contributed by atoms with Crippen LogP contribution in [0.2, 0.25) is 0 Å². The third-order valence-corrected chi connectivity index (χ3v) is 5.31. The molecule has 0 saturated heterocycles. The molecule has 0 aliphatic rings. The Bertz CT molecular complexity index is 1220. The first-order valence-corrected chi connectivity index (χ1v) is 10.3. The molecule has 0 atom stereocenters. The first kappa shape index (κ1) is 20.2. The Kier molecular flexibility index (Phi) is 6.00. The summed E-state index contributed by atoms with van der Waals surface area (Å²) in [5, 5.41) is 17.5. The molecule has 0 spiro atoms. The van der Waals surface area contributed by atoms with E-state index < -0.39 is 6.03 Å². The molecule has 0 fully saturated rings. The van der Waals surface area contributed by atoms with E-state index in [1.165, 1.54) is 11.3 Å². The number of nitrogens with zero attached hydrogens (tertiary/aromatic N) is 2. The summed E-state index contributed by atoms with van der Waals surface area (Å²) >= 11 is 1.29. The molecule has 0 unspecified atom stereocenters. The molecule has 3 aromatic carbocycles. The zero-order chi connectivity index (χ0) is 21.6. The minimum absolute atomic E-state index is 0.262. The fourth-order valence-electron chi connectivity index (χ4n) is 2.92. The van der Waals surface area contributed by atoms with Gasteiger partial charge >= 0.3 is 6.03 Å². The van der Waals surface area contributed by atoms with Crippen molar-refractivity contribution < 1.29 is 9.59 Å². The van der Waals surface area contributed by atoms with Crippen LogP contribution in [-0.2, 0) is 0 Å². The molecule has 7 nitrogen and oxygen atoms in total. The predicted octanol–water partition coefficient (Wildman–Crippen LogP) is 5.41. The number of para-hydroxylation sites is 1. The van der Waals surface area contributed by atoms with Crippen molar-refractivity contribution in [3.8, 4) is 10.6 Å².